The number of ether oxygens (including phenoxy) is 1. The predicted octanol–water partition coefficient (Wildman–Crippen LogP) is 4.65. The molecule has 2 aromatic rings. The summed E-state index contributed by atoms with van der Waals surface area (Å²) in [4.78, 5) is 12.4. The molecule has 0 saturated heterocycles. The number of fused-ring (bicyclic) bond motifs is 1. The third-order valence-corrected chi connectivity index (χ3v) is 4.33. The lowest BCUT2D eigenvalue weighted by Crippen LogP contribution is -2.13. The van der Waals surface area contributed by atoms with Gasteiger partial charge in [-0.25, -0.2) is 0 Å². The largest absolute Gasteiger partial charge is 0.425 e. The summed E-state index contributed by atoms with van der Waals surface area (Å²) in [5.41, 5.74) is 5.50. The van der Waals surface area contributed by atoms with Crippen molar-refractivity contribution in [3.63, 3.8) is 0 Å². The van der Waals surface area contributed by atoms with Crippen LogP contribution in [0, 0.1) is 13.8 Å². The fourth-order valence-electron chi connectivity index (χ4n) is 2.95. The highest BCUT2D eigenvalue weighted by atomic mass is 16.5. The van der Waals surface area contributed by atoms with Crippen LogP contribution in [0.3, 0.4) is 0 Å². The molecule has 114 valence electrons. The Kier molecular flexibility index (Phi) is 3.36. The van der Waals surface area contributed by atoms with Gasteiger partial charge in [0, 0.05) is 5.56 Å². The summed E-state index contributed by atoms with van der Waals surface area (Å²) < 4.78 is 5.56. The van der Waals surface area contributed by atoms with Crippen LogP contribution < -0.4 is 4.74 Å². The molecule has 1 heterocycles. The van der Waals surface area contributed by atoms with Crippen LogP contribution in [0.5, 0.6) is 5.75 Å². The van der Waals surface area contributed by atoms with Gasteiger partial charge in [-0.2, -0.15) is 0 Å². The second-order valence-corrected chi connectivity index (χ2v) is 7.23. The van der Waals surface area contributed by atoms with Crippen molar-refractivity contribution in [2.45, 2.75) is 46.0 Å². The van der Waals surface area contributed by atoms with E-state index >= 15 is 0 Å². The lowest BCUT2D eigenvalue weighted by atomic mass is 9.82. The molecular formula is C20H22O2. The Morgan fingerprint density at radius 2 is 1.64 bits per heavy atom. The summed E-state index contributed by atoms with van der Waals surface area (Å²) in [6, 6.07) is 12.4. The van der Waals surface area contributed by atoms with Crippen molar-refractivity contribution < 1.29 is 9.53 Å². The number of carbonyl (C=O) groups is 1. The Morgan fingerprint density at radius 1 is 1.00 bits per heavy atom. The molecule has 0 aromatic heterocycles. The summed E-state index contributed by atoms with van der Waals surface area (Å²) in [6.45, 7) is 10.6. The molecule has 1 unspecified atom stereocenters. The number of hydrogen-bond donors (Lipinski definition) is 0. The van der Waals surface area contributed by atoms with Gasteiger partial charge in [-0.15, -0.1) is 0 Å². The van der Waals surface area contributed by atoms with Crippen molar-refractivity contribution in [3.05, 3.63) is 64.2 Å². The highest BCUT2D eigenvalue weighted by molar-refractivity contribution is 5.90. The average Bonchev–Trinajstić information content (AvgIpc) is 2.76. The number of benzene rings is 2. The van der Waals surface area contributed by atoms with Crippen LogP contribution in [0.25, 0.3) is 0 Å². The molecule has 2 nitrogen and oxygen atoms in total. The van der Waals surface area contributed by atoms with Crippen molar-refractivity contribution >= 4 is 5.97 Å². The minimum Gasteiger partial charge on any atom is -0.425 e. The molecule has 3 rings (SSSR count). The van der Waals surface area contributed by atoms with Crippen LogP contribution in [0.15, 0.2) is 36.4 Å². The van der Waals surface area contributed by atoms with Gasteiger partial charge in [0.2, 0.25) is 0 Å². The molecular weight excluding hydrogens is 272 g/mol. The summed E-state index contributed by atoms with van der Waals surface area (Å²) in [5, 5.41) is 0. The van der Waals surface area contributed by atoms with E-state index in [4.69, 9.17) is 4.74 Å². The molecule has 0 fully saturated rings. The second-order valence-electron chi connectivity index (χ2n) is 7.23. The number of hydrogen-bond acceptors (Lipinski definition) is 2. The first-order valence-corrected chi connectivity index (χ1v) is 7.70. The van der Waals surface area contributed by atoms with E-state index in [0.717, 1.165) is 22.4 Å². The minimum absolute atomic E-state index is 0.0449. The first-order chi connectivity index (χ1) is 10.3. The highest BCUT2D eigenvalue weighted by Gasteiger charge is 2.36. The topological polar surface area (TPSA) is 26.3 Å². The number of aryl methyl sites for hydroxylation is 2. The Balaban J connectivity index is 2.16. The van der Waals surface area contributed by atoms with E-state index in [-0.39, 0.29) is 17.3 Å². The average molecular weight is 294 g/mol. The molecule has 0 amide bonds. The van der Waals surface area contributed by atoms with Gasteiger partial charge in [0.1, 0.15) is 11.7 Å². The number of carbonyl (C=O) groups excluding carboxylic acids is 1. The molecule has 1 aliphatic heterocycles. The maximum absolute atomic E-state index is 12.4. The fraction of sp³-hybridized carbons (Fsp3) is 0.350. The van der Waals surface area contributed by atoms with Crippen LogP contribution in [0.4, 0.5) is 0 Å². The molecule has 1 aliphatic rings. The van der Waals surface area contributed by atoms with Crippen molar-refractivity contribution in [3.8, 4) is 5.75 Å². The SMILES string of the molecule is Cc1ccc(C2C(=O)Oc3c(C)cc(C(C)(C)C)cc32)cc1. The molecule has 0 N–H and O–H groups in total. The van der Waals surface area contributed by atoms with Gasteiger partial charge in [-0.3, -0.25) is 4.79 Å². The fourth-order valence-corrected chi connectivity index (χ4v) is 2.95. The Hall–Kier alpha value is -2.09. The Bertz CT molecular complexity index is 734. The molecule has 0 bridgehead atoms. The highest BCUT2D eigenvalue weighted by Crippen LogP contribution is 2.43. The van der Waals surface area contributed by atoms with E-state index in [2.05, 4.69) is 32.9 Å². The van der Waals surface area contributed by atoms with E-state index in [0.29, 0.717) is 0 Å². The standard InChI is InChI=1S/C20H22O2/c1-12-6-8-14(9-7-12)17-16-11-15(20(3,4)5)10-13(2)18(16)22-19(17)21/h6-11,17H,1-5H3. The minimum atomic E-state index is -0.309. The summed E-state index contributed by atoms with van der Waals surface area (Å²) in [6.07, 6.45) is 0. The van der Waals surface area contributed by atoms with Crippen molar-refractivity contribution in [1.29, 1.82) is 0 Å². The van der Waals surface area contributed by atoms with E-state index in [1.54, 1.807) is 0 Å². The first kappa shape index (κ1) is 14.8. The maximum atomic E-state index is 12.4. The zero-order valence-corrected chi connectivity index (χ0v) is 13.9. The van der Waals surface area contributed by atoms with E-state index in [1.807, 2.05) is 38.1 Å². The quantitative estimate of drug-likeness (QED) is 0.565. The smallest absolute Gasteiger partial charge is 0.323 e. The Labute approximate surface area is 132 Å². The zero-order chi connectivity index (χ0) is 16.1. The van der Waals surface area contributed by atoms with Crippen LogP contribution in [-0.4, -0.2) is 5.97 Å². The summed E-state index contributed by atoms with van der Waals surface area (Å²) in [7, 11) is 0. The van der Waals surface area contributed by atoms with Crippen molar-refractivity contribution in [1.82, 2.24) is 0 Å². The van der Waals surface area contributed by atoms with Crippen molar-refractivity contribution in [2.75, 3.05) is 0 Å². The van der Waals surface area contributed by atoms with E-state index in [9.17, 15) is 4.79 Å². The van der Waals surface area contributed by atoms with Gasteiger partial charge in [0.05, 0.1) is 0 Å². The van der Waals surface area contributed by atoms with Gasteiger partial charge in [0.15, 0.2) is 0 Å². The second kappa shape index (κ2) is 4.98. The molecule has 0 saturated carbocycles. The molecule has 0 radical (unpaired) electrons. The first-order valence-electron chi connectivity index (χ1n) is 7.70. The Morgan fingerprint density at radius 3 is 2.23 bits per heavy atom. The van der Waals surface area contributed by atoms with Gasteiger partial charge < -0.3 is 4.74 Å². The summed E-state index contributed by atoms with van der Waals surface area (Å²) >= 11 is 0. The van der Waals surface area contributed by atoms with Gasteiger partial charge >= 0.3 is 5.97 Å². The normalized spacial score (nSPS) is 17.3. The lowest BCUT2D eigenvalue weighted by molar-refractivity contribution is -0.133. The number of esters is 1. The predicted molar refractivity (Wildman–Crippen MR) is 88.5 cm³/mol. The van der Waals surface area contributed by atoms with Crippen LogP contribution in [0.1, 0.15) is 54.5 Å². The third-order valence-electron chi connectivity index (χ3n) is 4.33. The third kappa shape index (κ3) is 2.43. The van der Waals surface area contributed by atoms with Crippen molar-refractivity contribution in [2.24, 2.45) is 0 Å². The summed E-state index contributed by atoms with van der Waals surface area (Å²) in [5.74, 6) is 0.258. The lowest BCUT2D eigenvalue weighted by Gasteiger charge is -2.21. The molecule has 2 heteroatoms. The molecule has 0 spiro atoms. The van der Waals surface area contributed by atoms with Crippen LogP contribution in [0.2, 0.25) is 0 Å². The maximum Gasteiger partial charge on any atom is 0.323 e. The van der Waals surface area contributed by atoms with Gasteiger partial charge in [-0.1, -0.05) is 62.7 Å². The molecule has 2 aromatic carbocycles. The van der Waals surface area contributed by atoms with Crippen LogP contribution >= 0.6 is 0 Å². The van der Waals surface area contributed by atoms with E-state index < -0.39 is 0 Å². The van der Waals surface area contributed by atoms with E-state index in [1.165, 1.54) is 11.1 Å². The number of rotatable bonds is 1. The molecule has 22 heavy (non-hydrogen) atoms. The van der Waals surface area contributed by atoms with Gasteiger partial charge in [-0.05, 0) is 36.0 Å². The van der Waals surface area contributed by atoms with Gasteiger partial charge in [0.25, 0.3) is 0 Å². The molecule has 0 aliphatic carbocycles. The molecule has 1 atom stereocenters. The zero-order valence-electron chi connectivity index (χ0n) is 13.9. The van der Waals surface area contributed by atoms with Crippen LogP contribution in [-0.2, 0) is 10.2 Å². The monoisotopic (exact) mass is 294 g/mol.